The minimum Gasteiger partial charge on any atom is -0.462 e. The molecule has 6 heteroatoms. The second kappa shape index (κ2) is 62.4. The Morgan fingerprint density at radius 2 is 0.527 bits per heavy atom. The van der Waals surface area contributed by atoms with Crippen LogP contribution in [0, 0.1) is 0 Å². The molecule has 6 nitrogen and oxygen atoms in total. The molecule has 0 aromatic rings. The molecule has 0 aromatic heterocycles. The van der Waals surface area contributed by atoms with Crippen molar-refractivity contribution in [3.8, 4) is 0 Å². The van der Waals surface area contributed by atoms with Crippen LogP contribution < -0.4 is 0 Å². The van der Waals surface area contributed by atoms with Crippen molar-refractivity contribution >= 4 is 17.9 Å². The SMILES string of the molecule is CC/C=C\C/C=C\C/C=C\C/C=C\C/C=C\C/C=C\CCCCCCCCCCC(=O)OCC(COC(=O)CCCCCCCCCCCC)OC(=O)CCCCCCCCCCCCCCCCCCCCC. The summed E-state index contributed by atoms with van der Waals surface area (Å²) in [4.78, 5) is 38.2. The van der Waals surface area contributed by atoms with E-state index in [1.807, 2.05) is 0 Å². The summed E-state index contributed by atoms with van der Waals surface area (Å²) in [5.41, 5.74) is 0. The van der Waals surface area contributed by atoms with E-state index >= 15 is 0 Å². The molecular weight excluding hydrogens is 913 g/mol. The van der Waals surface area contributed by atoms with Crippen LogP contribution in [0.25, 0.3) is 0 Å². The van der Waals surface area contributed by atoms with E-state index in [-0.39, 0.29) is 31.1 Å². The van der Waals surface area contributed by atoms with Gasteiger partial charge in [-0.2, -0.15) is 0 Å². The van der Waals surface area contributed by atoms with E-state index in [0.717, 1.165) is 103 Å². The van der Waals surface area contributed by atoms with Gasteiger partial charge in [0.1, 0.15) is 13.2 Å². The molecule has 0 N–H and O–H groups in total. The first-order chi connectivity index (χ1) is 36.5. The fraction of sp³-hybridized carbons (Fsp3) is 0.779. The highest BCUT2D eigenvalue weighted by atomic mass is 16.6. The van der Waals surface area contributed by atoms with Gasteiger partial charge in [-0.05, 0) is 70.6 Å². The topological polar surface area (TPSA) is 78.9 Å². The third-order valence-electron chi connectivity index (χ3n) is 14.0. The first-order valence-corrected chi connectivity index (χ1v) is 31.9. The predicted molar refractivity (Wildman–Crippen MR) is 321 cm³/mol. The molecule has 0 aromatic carbocycles. The minimum absolute atomic E-state index is 0.0732. The minimum atomic E-state index is -0.775. The lowest BCUT2D eigenvalue weighted by molar-refractivity contribution is -0.167. The molecule has 0 spiro atoms. The van der Waals surface area contributed by atoms with Gasteiger partial charge in [0.25, 0.3) is 0 Å². The fourth-order valence-electron chi connectivity index (χ4n) is 9.21. The maximum atomic E-state index is 12.9. The van der Waals surface area contributed by atoms with E-state index in [1.54, 1.807) is 0 Å². The lowest BCUT2D eigenvalue weighted by Gasteiger charge is -2.18. The lowest BCUT2D eigenvalue weighted by atomic mass is 10.0. The normalized spacial score (nSPS) is 12.5. The molecule has 1 unspecified atom stereocenters. The molecule has 0 saturated carbocycles. The first kappa shape index (κ1) is 70.8. The van der Waals surface area contributed by atoms with E-state index in [9.17, 15) is 14.4 Å². The van der Waals surface area contributed by atoms with Crippen LogP contribution in [-0.4, -0.2) is 37.2 Å². The van der Waals surface area contributed by atoms with E-state index in [1.165, 1.54) is 180 Å². The smallest absolute Gasteiger partial charge is 0.306 e. The Bertz CT molecular complexity index is 1370. The number of esters is 3. The molecular formula is C68H120O6. The molecule has 0 radical (unpaired) electrons. The molecule has 428 valence electrons. The molecule has 0 aliphatic carbocycles. The molecule has 0 heterocycles. The highest BCUT2D eigenvalue weighted by molar-refractivity contribution is 5.71. The van der Waals surface area contributed by atoms with Crippen LogP contribution in [0.3, 0.4) is 0 Å². The quantitative estimate of drug-likeness (QED) is 0.0261. The van der Waals surface area contributed by atoms with Crippen molar-refractivity contribution in [3.63, 3.8) is 0 Å². The number of ether oxygens (including phenoxy) is 3. The van der Waals surface area contributed by atoms with Crippen LogP contribution in [0.5, 0.6) is 0 Å². The second-order valence-corrected chi connectivity index (χ2v) is 21.3. The Morgan fingerprint density at radius 1 is 0.284 bits per heavy atom. The molecule has 0 fully saturated rings. The van der Waals surface area contributed by atoms with Gasteiger partial charge in [-0.3, -0.25) is 14.4 Å². The second-order valence-electron chi connectivity index (χ2n) is 21.3. The van der Waals surface area contributed by atoms with Crippen molar-refractivity contribution in [1.82, 2.24) is 0 Å². The number of carbonyl (C=O) groups is 3. The van der Waals surface area contributed by atoms with Crippen LogP contribution in [0.1, 0.15) is 323 Å². The standard InChI is InChI=1S/C68H120O6/c1-4-7-10-13-16-19-22-24-26-28-30-31-32-33-34-35-36-37-39-40-42-44-46-49-52-55-58-61-67(70)73-64-65(63-72-66(69)60-57-54-51-48-21-18-15-12-9-6-3)74-68(71)62-59-56-53-50-47-45-43-41-38-29-27-25-23-20-17-14-11-8-5-2/h7,10,16,19,24,26,30-31,33-34,36-37,65H,4-6,8-9,11-15,17-18,20-23,25,27-29,32,35,38-64H2,1-3H3/b10-7-,19-16-,26-24-,31-30-,34-33-,37-36-. The van der Waals surface area contributed by atoms with E-state index in [0.29, 0.717) is 19.3 Å². The van der Waals surface area contributed by atoms with Gasteiger partial charge in [0.2, 0.25) is 0 Å². The highest BCUT2D eigenvalue weighted by Crippen LogP contribution is 2.17. The van der Waals surface area contributed by atoms with Crippen molar-refractivity contribution in [2.75, 3.05) is 13.2 Å². The maximum absolute atomic E-state index is 12.9. The van der Waals surface area contributed by atoms with Gasteiger partial charge in [0, 0.05) is 19.3 Å². The monoisotopic (exact) mass is 1030 g/mol. The zero-order chi connectivity index (χ0) is 53.6. The maximum Gasteiger partial charge on any atom is 0.306 e. The fourth-order valence-corrected chi connectivity index (χ4v) is 9.21. The number of hydrogen-bond donors (Lipinski definition) is 0. The summed E-state index contributed by atoms with van der Waals surface area (Å²) in [6.07, 6.45) is 80.5. The van der Waals surface area contributed by atoms with Crippen molar-refractivity contribution in [1.29, 1.82) is 0 Å². The zero-order valence-electron chi connectivity index (χ0n) is 49.1. The van der Waals surface area contributed by atoms with Gasteiger partial charge in [0.15, 0.2) is 6.10 Å². The average molecular weight is 1030 g/mol. The molecule has 0 rings (SSSR count). The lowest BCUT2D eigenvalue weighted by Crippen LogP contribution is -2.30. The summed E-state index contributed by atoms with van der Waals surface area (Å²) in [6.45, 7) is 6.55. The predicted octanol–water partition coefficient (Wildman–Crippen LogP) is 21.7. The summed E-state index contributed by atoms with van der Waals surface area (Å²) in [7, 11) is 0. The van der Waals surface area contributed by atoms with Crippen molar-refractivity contribution in [2.45, 2.75) is 329 Å². The number of rotatable bonds is 58. The van der Waals surface area contributed by atoms with Crippen LogP contribution >= 0.6 is 0 Å². The zero-order valence-corrected chi connectivity index (χ0v) is 49.1. The summed E-state index contributed by atoms with van der Waals surface area (Å²) >= 11 is 0. The van der Waals surface area contributed by atoms with Gasteiger partial charge in [-0.1, -0.05) is 306 Å². The Hall–Kier alpha value is -3.15. The number of allylic oxidation sites excluding steroid dienone is 12. The molecule has 1 atom stereocenters. The molecule has 0 bridgehead atoms. The van der Waals surface area contributed by atoms with Gasteiger partial charge in [-0.15, -0.1) is 0 Å². The third kappa shape index (κ3) is 59.7. The summed E-state index contributed by atoms with van der Waals surface area (Å²) < 4.78 is 16.9. The average Bonchev–Trinajstić information content (AvgIpc) is 3.40. The Balaban J connectivity index is 4.24. The van der Waals surface area contributed by atoms with Crippen LogP contribution in [0.2, 0.25) is 0 Å². The molecule has 0 saturated heterocycles. The Labute approximate surface area is 459 Å². The third-order valence-corrected chi connectivity index (χ3v) is 14.0. The summed E-state index contributed by atoms with van der Waals surface area (Å²) in [5.74, 6) is -0.867. The van der Waals surface area contributed by atoms with Gasteiger partial charge >= 0.3 is 17.9 Å². The summed E-state index contributed by atoms with van der Waals surface area (Å²) in [5, 5.41) is 0. The highest BCUT2D eigenvalue weighted by Gasteiger charge is 2.19. The summed E-state index contributed by atoms with van der Waals surface area (Å²) in [6, 6.07) is 0. The van der Waals surface area contributed by atoms with Crippen molar-refractivity contribution in [3.05, 3.63) is 72.9 Å². The van der Waals surface area contributed by atoms with Crippen LogP contribution in [0.4, 0.5) is 0 Å². The number of hydrogen-bond acceptors (Lipinski definition) is 6. The van der Waals surface area contributed by atoms with Gasteiger partial charge in [0.05, 0.1) is 0 Å². The first-order valence-electron chi connectivity index (χ1n) is 31.9. The Kier molecular flexibility index (Phi) is 59.7. The number of unbranched alkanes of at least 4 members (excludes halogenated alkanes) is 35. The van der Waals surface area contributed by atoms with Gasteiger partial charge in [-0.25, -0.2) is 0 Å². The Morgan fingerprint density at radius 3 is 0.824 bits per heavy atom. The van der Waals surface area contributed by atoms with Crippen LogP contribution in [0.15, 0.2) is 72.9 Å². The van der Waals surface area contributed by atoms with E-state index in [2.05, 4.69) is 93.7 Å². The molecule has 74 heavy (non-hydrogen) atoms. The van der Waals surface area contributed by atoms with Crippen molar-refractivity contribution < 1.29 is 28.6 Å². The molecule has 0 aliphatic heterocycles. The largest absolute Gasteiger partial charge is 0.462 e. The molecule has 0 aliphatic rings. The van der Waals surface area contributed by atoms with Crippen molar-refractivity contribution in [2.24, 2.45) is 0 Å². The molecule has 0 amide bonds. The van der Waals surface area contributed by atoms with E-state index < -0.39 is 6.10 Å². The van der Waals surface area contributed by atoms with Crippen LogP contribution in [-0.2, 0) is 28.6 Å². The van der Waals surface area contributed by atoms with Gasteiger partial charge < -0.3 is 14.2 Å². The number of carbonyl (C=O) groups excluding carboxylic acids is 3. The van der Waals surface area contributed by atoms with E-state index in [4.69, 9.17) is 14.2 Å².